The smallest absolute Gasteiger partial charge is 0.242 e. The third-order valence-electron chi connectivity index (χ3n) is 3.89. The Kier molecular flexibility index (Phi) is 7.82. The second kappa shape index (κ2) is 9.86. The highest BCUT2D eigenvalue weighted by Crippen LogP contribution is 2.23. The largest absolute Gasteiger partial charge is 0.357 e. The van der Waals surface area contributed by atoms with Crippen molar-refractivity contribution in [2.75, 3.05) is 12.8 Å². The molecule has 1 N–H and O–H groups in total. The number of carbonyl (C=O) groups is 2. The maximum Gasteiger partial charge on any atom is 0.242 e. The number of thioether (sulfide) groups is 1. The standard InChI is InChI=1S/C19H20Cl2N2O2S/c1-13(19(25)22-2)23(11-14-5-3-4-6-17(14)21)18(24)12-26-16-9-7-15(20)8-10-16/h3-10,13H,11-12H2,1-2H3,(H,22,25). The zero-order chi connectivity index (χ0) is 19.1. The summed E-state index contributed by atoms with van der Waals surface area (Å²) in [6, 6.07) is 14.0. The van der Waals surface area contributed by atoms with Gasteiger partial charge in [0.15, 0.2) is 0 Å². The van der Waals surface area contributed by atoms with Crippen molar-refractivity contribution in [1.82, 2.24) is 10.2 Å². The Morgan fingerprint density at radius 2 is 1.77 bits per heavy atom. The summed E-state index contributed by atoms with van der Waals surface area (Å²) in [6.45, 7) is 1.98. The summed E-state index contributed by atoms with van der Waals surface area (Å²) in [5, 5.41) is 3.81. The molecule has 0 aromatic heterocycles. The summed E-state index contributed by atoms with van der Waals surface area (Å²) in [5.74, 6) is -0.143. The van der Waals surface area contributed by atoms with E-state index in [0.29, 0.717) is 10.0 Å². The minimum atomic E-state index is -0.602. The fourth-order valence-corrected chi connectivity index (χ4v) is 3.47. The second-order valence-corrected chi connectivity index (χ2v) is 7.54. The predicted molar refractivity (Wildman–Crippen MR) is 108 cm³/mol. The molecule has 0 aliphatic heterocycles. The maximum absolute atomic E-state index is 12.8. The number of rotatable bonds is 7. The van der Waals surface area contributed by atoms with Crippen LogP contribution in [-0.4, -0.2) is 35.6 Å². The number of halogens is 2. The zero-order valence-electron chi connectivity index (χ0n) is 14.5. The molecule has 26 heavy (non-hydrogen) atoms. The summed E-state index contributed by atoms with van der Waals surface area (Å²) in [6.07, 6.45) is 0. The number of likely N-dealkylation sites (N-methyl/N-ethyl adjacent to an activating group) is 1. The van der Waals surface area contributed by atoms with Crippen LogP contribution in [0.1, 0.15) is 12.5 Å². The van der Waals surface area contributed by atoms with E-state index in [0.717, 1.165) is 10.5 Å². The lowest BCUT2D eigenvalue weighted by atomic mass is 10.1. The monoisotopic (exact) mass is 410 g/mol. The summed E-state index contributed by atoms with van der Waals surface area (Å²) in [4.78, 5) is 27.4. The van der Waals surface area contributed by atoms with Gasteiger partial charge in [-0.2, -0.15) is 0 Å². The zero-order valence-corrected chi connectivity index (χ0v) is 16.9. The van der Waals surface area contributed by atoms with Crippen molar-refractivity contribution in [3.63, 3.8) is 0 Å². The van der Waals surface area contributed by atoms with Crippen molar-refractivity contribution < 1.29 is 9.59 Å². The average molecular weight is 411 g/mol. The average Bonchev–Trinajstić information content (AvgIpc) is 2.65. The van der Waals surface area contributed by atoms with Crippen molar-refractivity contribution in [1.29, 1.82) is 0 Å². The van der Waals surface area contributed by atoms with E-state index in [1.807, 2.05) is 30.3 Å². The highest BCUT2D eigenvalue weighted by atomic mass is 35.5. The van der Waals surface area contributed by atoms with E-state index in [1.54, 1.807) is 37.1 Å². The molecule has 0 saturated heterocycles. The Morgan fingerprint density at radius 1 is 1.12 bits per heavy atom. The predicted octanol–water partition coefficient (Wildman–Crippen LogP) is 4.25. The highest BCUT2D eigenvalue weighted by Gasteiger charge is 2.26. The Labute approximate surface area is 167 Å². The number of hydrogen-bond donors (Lipinski definition) is 1. The Balaban J connectivity index is 2.13. The molecule has 7 heteroatoms. The lowest BCUT2D eigenvalue weighted by Crippen LogP contribution is -2.47. The molecule has 0 radical (unpaired) electrons. The van der Waals surface area contributed by atoms with Crippen LogP contribution < -0.4 is 5.32 Å². The van der Waals surface area contributed by atoms with E-state index < -0.39 is 6.04 Å². The number of benzene rings is 2. The number of amides is 2. The molecule has 1 unspecified atom stereocenters. The molecular weight excluding hydrogens is 391 g/mol. The van der Waals surface area contributed by atoms with E-state index >= 15 is 0 Å². The fourth-order valence-electron chi connectivity index (χ4n) is 2.36. The number of nitrogens with one attached hydrogen (secondary N) is 1. The van der Waals surface area contributed by atoms with Gasteiger partial charge in [-0.1, -0.05) is 41.4 Å². The van der Waals surface area contributed by atoms with Gasteiger partial charge in [0, 0.05) is 28.5 Å². The van der Waals surface area contributed by atoms with E-state index in [-0.39, 0.29) is 24.1 Å². The Hall–Kier alpha value is -1.69. The lowest BCUT2D eigenvalue weighted by molar-refractivity contribution is -0.138. The lowest BCUT2D eigenvalue weighted by Gasteiger charge is -2.28. The van der Waals surface area contributed by atoms with E-state index in [9.17, 15) is 9.59 Å². The molecular formula is C19H20Cl2N2O2S. The van der Waals surface area contributed by atoms with Crippen LogP contribution in [0.15, 0.2) is 53.4 Å². The summed E-state index contributed by atoms with van der Waals surface area (Å²) in [5.41, 5.74) is 0.801. The van der Waals surface area contributed by atoms with Gasteiger partial charge in [0.1, 0.15) is 6.04 Å². The molecule has 0 saturated carbocycles. The van der Waals surface area contributed by atoms with Crippen LogP contribution in [0.4, 0.5) is 0 Å². The van der Waals surface area contributed by atoms with Gasteiger partial charge in [-0.3, -0.25) is 9.59 Å². The van der Waals surface area contributed by atoms with Crippen molar-refractivity contribution in [3.8, 4) is 0 Å². The molecule has 0 spiro atoms. The highest BCUT2D eigenvalue weighted by molar-refractivity contribution is 8.00. The quantitative estimate of drug-likeness (QED) is 0.693. The molecule has 2 aromatic carbocycles. The summed E-state index contributed by atoms with van der Waals surface area (Å²) >= 11 is 13.5. The van der Waals surface area contributed by atoms with Gasteiger partial charge in [-0.05, 0) is 42.8 Å². The van der Waals surface area contributed by atoms with Gasteiger partial charge >= 0.3 is 0 Å². The van der Waals surface area contributed by atoms with Gasteiger partial charge in [0.25, 0.3) is 0 Å². The summed E-state index contributed by atoms with van der Waals surface area (Å²) < 4.78 is 0. The molecule has 4 nitrogen and oxygen atoms in total. The molecule has 0 bridgehead atoms. The third kappa shape index (κ3) is 5.66. The van der Waals surface area contributed by atoms with Crippen LogP contribution in [0, 0.1) is 0 Å². The van der Waals surface area contributed by atoms with Crippen LogP contribution in [0.5, 0.6) is 0 Å². The first-order valence-electron chi connectivity index (χ1n) is 8.05. The van der Waals surface area contributed by atoms with Crippen LogP contribution in [0.3, 0.4) is 0 Å². The van der Waals surface area contributed by atoms with Crippen LogP contribution in [0.2, 0.25) is 10.0 Å². The normalized spacial score (nSPS) is 11.7. The Morgan fingerprint density at radius 3 is 2.38 bits per heavy atom. The minimum absolute atomic E-state index is 0.138. The van der Waals surface area contributed by atoms with E-state index in [4.69, 9.17) is 23.2 Å². The van der Waals surface area contributed by atoms with Gasteiger partial charge in [-0.15, -0.1) is 11.8 Å². The Bertz CT molecular complexity index is 768. The van der Waals surface area contributed by atoms with Gasteiger partial charge in [0.2, 0.25) is 11.8 Å². The second-order valence-electron chi connectivity index (χ2n) is 5.65. The molecule has 1 atom stereocenters. The number of nitrogens with zero attached hydrogens (tertiary/aromatic N) is 1. The molecule has 0 aliphatic carbocycles. The van der Waals surface area contributed by atoms with Gasteiger partial charge in [-0.25, -0.2) is 0 Å². The van der Waals surface area contributed by atoms with Gasteiger partial charge < -0.3 is 10.2 Å². The number of carbonyl (C=O) groups excluding carboxylic acids is 2. The minimum Gasteiger partial charge on any atom is -0.357 e. The van der Waals surface area contributed by atoms with Gasteiger partial charge in [0.05, 0.1) is 5.75 Å². The third-order valence-corrected chi connectivity index (χ3v) is 5.51. The molecule has 0 fully saturated rings. The van der Waals surface area contributed by atoms with Crippen molar-refractivity contribution in [2.24, 2.45) is 0 Å². The molecule has 0 aliphatic rings. The number of hydrogen-bond acceptors (Lipinski definition) is 3. The maximum atomic E-state index is 12.8. The van der Waals surface area contributed by atoms with Crippen LogP contribution in [-0.2, 0) is 16.1 Å². The topological polar surface area (TPSA) is 49.4 Å². The SMILES string of the molecule is CNC(=O)C(C)N(Cc1ccccc1Cl)C(=O)CSc1ccc(Cl)cc1. The first kappa shape index (κ1) is 20.6. The first-order chi connectivity index (χ1) is 12.4. The van der Waals surface area contributed by atoms with E-state index in [2.05, 4.69) is 5.32 Å². The van der Waals surface area contributed by atoms with E-state index in [1.165, 1.54) is 11.8 Å². The summed E-state index contributed by atoms with van der Waals surface area (Å²) in [7, 11) is 1.56. The molecule has 2 rings (SSSR count). The molecule has 2 amide bonds. The van der Waals surface area contributed by atoms with Crippen LogP contribution in [0.25, 0.3) is 0 Å². The van der Waals surface area contributed by atoms with Crippen molar-refractivity contribution in [2.45, 2.75) is 24.4 Å². The first-order valence-corrected chi connectivity index (χ1v) is 9.79. The van der Waals surface area contributed by atoms with Crippen molar-refractivity contribution in [3.05, 3.63) is 64.1 Å². The molecule has 2 aromatic rings. The van der Waals surface area contributed by atoms with Crippen molar-refractivity contribution >= 4 is 46.8 Å². The molecule has 138 valence electrons. The van der Waals surface area contributed by atoms with Crippen LogP contribution >= 0.6 is 35.0 Å². The fraction of sp³-hybridized carbons (Fsp3) is 0.263. The molecule has 0 heterocycles.